The van der Waals surface area contributed by atoms with E-state index in [0.717, 1.165) is 12.6 Å². The molecule has 0 aliphatic rings. The van der Waals surface area contributed by atoms with Gasteiger partial charge in [0.25, 0.3) is 5.91 Å². The SMILES string of the molecule is CC(C)CC(Br)CNC(=O)c1cncc(F)c1. The Balaban J connectivity index is 2.45. The Kier molecular flexibility index (Phi) is 5.55. The number of amides is 1. The quantitative estimate of drug-likeness (QED) is 0.850. The van der Waals surface area contributed by atoms with Crippen molar-refractivity contribution in [2.24, 2.45) is 5.92 Å². The van der Waals surface area contributed by atoms with Crippen molar-refractivity contribution in [3.8, 4) is 0 Å². The summed E-state index contributed by atoms with van der Waals surface area (Å²) in [7, 11) is 0. The zero-order valence-corrected chi connectivity index (χ0v) is 11.5. The first-order valence-electron chi connectivity index (χ1n) is 5.52. The van der Waals surface area contributed by atoms with Crippen molar-refractivity contribution in [3.63, 3.8) is 0 Å². The summed E-state index contributed by atoms with van der Waals surface area (Å²) in [5.74, 6) is -0.243. The van der Waals surface area contributed by atoms with E-state index in [0.29, 0.717) is 12.5 Å². The summed E-state index contributed by atoms with van der Waals surface area (Å²) < 4.78 is 12.8. The molecule has 1 unspecified atom stereocenters. The summed E-state index contributed by atoms with van der Waals surface area (Å²) in [4.78, 5) is 15.5. The van der Waals surface area contributed by atoms with Gasteiger partial charge in [-0.05, 0) is 18.4 Å². The number of rotatable bonds is 5. The molecule has 0 saturated carbocycles. The van der Waals surface area contributed by atoms with Crippen LogP contribution >= 0.6 is 15.9 Å². The predicted molar refractivity (Wildman–Crippen MR) is 68.7 cm³/mol. The summed E-state index contributed by atoms with van der Waals surface area (Å²) in [6.45, 7) is 4.76. The Morgan fingerprint density at radius 2 is 2.24 bits per heavy atom. The first-order chi connectivity index (χ1) is 7.99. The van der Waals surface area contributed by atoms with Crippen LogP contribution in [0.25, 0.3) is 0 Å². The first kappa shape index (κ1) is 14.1. The predicted octanol–water partition coefficient (Wildman–Crippen LogP) is 2.76. The standard InChI is InChI=1S/C12H16BrFN2O/c1-8(2)3-10(13)6-16-12(17)9-4-11(14)7-15-5-9/h4-5,7-8,10H,3,6H2,1-2H3,(H,16,17). The van der Waals surface area contributed by atoms with Gasteiger partial charge in [0.05, 0.1) is 11.8 Å². The van der Waals surface area contributed by atoms with Gasteiger partial charge in [-0.1, -0.05) is 29.8 Å². The van der Waals surface area contributed by atoms with Crippen molar-refractivity contribution >= 4 is 21.8 Å². The molecule has 94 valence electrons. The highest BCUT2D eigenvalue weighted by Crippen LogP contribution is 2.11. The van der Waals surface area contributed by atoms with Gasteiger partial charge in [-0.3, -0.25) is 9.78 Å². The van der Waals surface area contributed by atoms with Crippen molar-refractivity contribution < 1.29 is 9.18 Å². The number of nitrogens with one attached hydrogen (secondary N) is 1. The highest BCUT2D eigenvalue weighted by Gasteiger charge is 2.11. The fraction of sp³-hybridized carbons (Fsp3) is 0.500. The Bertz CT molecular complexity index is 385. The van der Waals surface area contributed by atoms with E-state index in [4.69, 9.17) is 0 Å². The van der Waals surface area contributed by atoms with Crippen LogP contribution in [-0.4, -0.2) is 22.3 Å². The van der Waals surface area contributed by atoms with E-state index in [1.807, 2.05) is 0 Å². The average molecular weight is 303 g/mol. The third kappa shape index (κ3) is 5.26. The van der Waals surface area contributed by atoms with Gasteiger partial charge in [0.1, 0.15) is 5.82 Å². The third-order valence-corrected chi connectivity index (χ3v) is 2.88. The number of pyridine rings is 1. The van der Waals surface area contributed by atoms with Crippen molar-refractivity contribution in [2.45, 2.75) is 25.1 Å². The molecule has 3 nitrogen and oxygen atoms in total. The molecule has 17 heavy (non-hydrogen) atoms. The van der Waals surface area contributed by atoms with Gasteiger partial charge in [-0.25, -0.2) is 4.39 Å². The van der Waals surface area contributed by atoms with Gasteiger partial charge < -0.3 is 5.32 Å². The summed E-state index contributed by atoms with van der Waals surface area (Å²) >= 11 is 3.49. The highest BCUT2D eigenvalue weighted by molar-refractivity contribution is 9.09. The lowest BCUT2D eigenvalue weighted by molar-refractivity contribution is 0.0952. The number of halogens is 2. The summed E-state index contributed by atoms with van der Waals surface area (Å²) in [5.41, 5.74) is 0.245. The maximum absolute atomic E-state index is 12.8. The Morgan fingerprint density at radius 3 is 2.82 bits per heavy atom. The van der Waals surface area contributed by atoms with E-state index >= 15 is 0 Å². The van der Waals surface area contributed by atoms with Gasteiger partial charge in [-0.2, -0.15) is 0 Å². The third-order valence-electron chi connectivity index (χ3n) is 2.18. The van der Waals surface area contributed by atoms with E-state index < -0.39 is 5.82 Å². The number of hydrogen-bond acceptors (Lipinski definition) is 2. The molecule has 0 saturated heterocycles. The van der Waals surface area contributed by atoms with E-state index in [-0.39, 0.29) is 16.3 Å². The lowest BCUT2D eigenvalue weighted by Crippen LogP contribution is -2.30. The highest BCUT2D eigenvalue weighted by atomic mass is 79.9. The lowest BCUT2D eigenvalue weighted by atomic mass is 10.1. The number of alkyl halides is 1. The molecule has 0 fully saturated rings. The second kappa shape index (κ2) is 6.69. The fourth-order valence-electron chi connectivity index (χ4n) is 1.44. The van der Waals surface area contributed by atoms with Gasteiger partial charge in [0, 0.05) is 17.6 Å². The smallest absolute Gasteiger partial charge is 0.252 e. The maximum Gasteiger partial charge on any atom is 0.252 e. The number of carbonyl (C=O) groups is 1. The minimum Gasteiger partial charge on any atom is -0.351 e. The number of carbonyl (C=O) groups excluding carboxylic acids is 1. The van der Waals surface area contributed by atoms with Crippen LogP contribution < -0.4 is 5.32 Å². The minimum absolute atomic E-state index is 0.230. The van der Waals surface area contributed by atoms with Gasteiger partial charge in [0.15, 0.2) is 0 Å². The van der Waals surface area contributed by atoms with Crippen LogP contribution in [-0.2, 0) is 0 Å². The van der Waals surface area contributed by atoms with Crippen LogP contribution in [0.3, 0.4) is 0 Å². The van der Waals surface area contributed by atoms with E-state index in [1.165, 1.54) is 12.3 Å². The monoisotopic (exact) mass is 302 g/mol. The zero-order chi connectivity index (χ0) is 12.8. The normalized spacial score (nSPS) is 12.5. The summed E-state index contributed by atoms with van der Waals surface area (Å²) in [6, 6.07) is 1.17. The minimum atomic E-state index is -0.504. The summed E-state index contributed by atoms with van der Waals surface area (Å²) in [6.07, 6.45) is 3.40. The van der Waals surface area contributed by atoms with Crippen LogP contribution in [0, 0.1) is 11.7 Å². The second-order valence-corrected chi connectivity index (χ2v) is 5.62. The lowest BCUT2D eigenvalue weighted by Gasteiger charge is -2.13. The van der Waals surface area contributed by atoms with Gasteiger partial charge in [-0.15, -0.1) is 0 Å². The molecule has 1 atom stereocenters. The average Bonchev–Trinajstić information content (AvgIpc) is 2.25. The molecule has 1 rings (SSSR count). The van der Waals surface area contributed by atoms with E-state index in [9.17, 15) is 9.18 Å². The maximum atomic E-state index is 12.8. The zero-order valence-electron chi connectivity index (χ0n) is 9.91. The number of hydrogen-bond donors (Lipinski definition) is 1. The van der Waals surface area contributed by atoms with Crippen LogP contribution in [0.5, 0.6) is 0 Å². The molecule has 0 aromatic carbocycles. The molecule has 1 N–H and O–H groups in total. The molecule has 5 heteroatoms. The van der Waals surface area contributed by atoms with Crippen molar-refractivity contribution in [1.29, 1.82) is 0 Å². The Hall–Kier alpha value is -0.970. The molecular weight excluding hydrogens is 287 g/mol. The molecule has 0 aliphatic carbocycles. The molecule has 0 radical (unpaired) electrons. The number of aromatic nitrogens is 1. The second-order valence-electron chi connectivity index (χ2n) is 4.33. The topological polar surface area (TPSA) is 42.0 Å². The largest absolute Gasteiger partial charge is 0.351 e. The van der Waals surface area contributed by atoms with Crippen molar-refractivity contribution in [2.75, 3.05) is 6.54 Å². The van der Waals surface area contributed by atoms with Crippen LogP contribution in [0.1, 0.15) is 30.6 Å². The molecule has 1 amide bonds. The molecule has 1 aromatic rings. The molecule has 0 spiro atoms. The molecule has 0 aliphatic heterocycles. The van der Waals surface area contributed by atoms with Gasteiger partial charge in [0.2, 0.25) is 0 Å². The van der Waals surface area contributed by atoms with Crippen LogP contribution in [0.2, 0.25) is 0 Å². The molecule has 0 bridgehead atoms. The first-order valence-corrected chi connectivity index (χ1v) is 6.43. The van der Waals surface area contributed by atoms with Gasteiger partial charge >= 0.3 is 0 Å². The Morgan fingerprint density at radius 1 is 1.53 bits per heavy atom. The number of nitrogens with zero attached hydrogens (tertiary/aromatic N) is 1. The Labute approximate surface area is 109 Å². The van der Waals surface area contributed by atoms with E-state index in [2.05, 4.69) is 40.1 Å². The fourth-order valence-corrected chi connectivity index (χ4v) is 2.35. The van der Waals surface area contributed by atoms with Crippen LogP contribution in [0.4, 0.5) is 4.39 Å². The van der Waals surface area contributed by atoms with Crippen molar-refractivity contribution in [1.82, 2.24) is 10.3 Å². The van der Waals surface area contributed by atoms with E-state index in [1.54, 1.807) is 0 Å². The molecular formula is C12H16BrFN2O. The summed E-state index contributed by atoms with van der Waals surface area (Å²) in [5, 5.41) is 2.74. The molecule has 1 heterocycles. The molecule has 1 aromatic heterocycles. The van der Waals surface area contributed by atoms with Crippen LogP contribution in [0.15, 0.2) is 18.5 Å². The van der Waals surface area contributed by atoms with Crippen molar-refractivity contribution in [3.05, 3.63) is 29.8 Å².